The number of halogens is 1. The highest BCUT2D eigenvalue weighted by Gasteiger charge is 2.29. The summed E-state index contributed by atoms with van der Waals surface area (Å²) in [5.41, 5.74) is 0.695. The summed E-state index contributed by atoms with van der Waals surface area (Å²) >= 11 is 6.16. The minimum absolute atomic E-state index is 0.00578. The Morgan fingerprint density at radius 1 is 1.32 bits per heavy atom. The summed E-state index contributed by atoms with van der Waals surface area (Å²) in [6.45, 7) is 6.67. The Kier molecular flexibility index (Phi) is 7.25. The summed E-state index contributed by atoms with van der Waals surface area (Å²) in [5, 5.41) is 3.24. The van der Waals surface area contributed by atoms with Crippen LogP contribution in [0.3, 0.4) is 0 Å². The molecule has 1 saturated heterocycles. The molecule has 0 aromatic heterocycles. The van der Waals surface area contributed by atoms with E-state index in [0.717, 1.165) is 63.8 Å². The van der Waals surface area contributed by atoms with Crippen molar-refractivity contribution in [3.8, 4) is 0 Å². The van der Waals surface area contributed by atoms with Gasteiger partial charge in [0.25, 0.3) is 0 Å². The molecular formula is C18H31ClN4O2. The SMILES string of the molecule is CCCCCN1CN(CCCOC2CCCCO2)C=C2NC(Cl)N=C21. The number of rotatable bonds is 9. The summed E-state index contributed by atoms with van der Waals surface area (Å²) in [6, 6.07) is 0. The zero-order chi connectivity index (χ0) is 17.5. The number of nitrogens with one attached hydrogen (secondary N) is 1. The molecule has 3 heterocycles. The zero-order valence-corrected chi connectivity index (χ0v) is 16.0. The number of nitrogens with zero attached hydrogens (tertiary/aromatic N) is 3. The van der Waals surface area contributed by atoms with E-state index in [1.165, 1.54) is 25.7 Å². The van der Waals surface area contributed by atoms with Gasteiger partial charge >= 0.3 is 0 Å². The van der Waals surface area contributed by atoms with Gasteiger partial charge in [-0.15, -0.1) is 0 Å². The average molecular weight is 371 g/mol. The number of ether oxygens (including phenoxy) is 2. The van der Waals surface area contributed by atoms with Gasteiger partial charge in [-0.2, -0.15) is 0 Å². The molecule has 1 fully saturated rings. The first-order valence-corrected chi connectivity index (χ1v) is 10.1. The Hall–Kier alpha value is -0.980. The third-order valence-electron chi connectivity index (χ3n) is 4.78. The van der Waals surface area contributed by atoms with Gasteiger partial charge in [-0.05, 0) is 32.1 Å². The van der Waals surface area contributed by atoms with E-state index >= 15 is 0 Å². The Morgan fingerprint density at radius 3 is 3.04 bits per heavy atom. The van der Waals surface area contributed by atoms with Gasteiger partial charge in [0, 0.05) is 25.9 Å². The van der Waals surface area contributed by atoms with Crippen molar-refractivity contribution in [1.29, 1.82) is 0 Å². The maximum absolute atomic E-state index is 6.16. The molecule has 0 radical (unpaired) electrons. The van der Waals surface area contributed by atoms with Gasteiger partial charge < -0.3 is 24.6 Å². The van der Waals surface area contributed by atoms with Crippen LogP contribution >= 0.6 is 11.6 Å². The molecule has 3 aliphatic rings. The molecule has 1 N–H and O–H groups in total. The predicted molar refractivity (Wildman–Crippen MR) is 100 cm³/mol. The standard InChI is InChI=1S/C18H31ClN4O2/c1-2-3-5-10-23-14-22(13-15-17(23)21-18(19)20-15)9-7-12-25-16-8-4-6-11-24-16/h13,16,18,20H,2-12,14H2,1H3. The first-order valence-electron chi connectivity index (χ1n) is 9.69. The lowest BCUT2D eigenvalue weighted by molar-refractivity contribution is -0.163. The summed E-state index contributed by atoms with van der Waals surface area (Å²) in [5.74, 6) is 1.01. The lowest BCUT2D eigenvalue weighted by atomic mass is 10.2. The Morgan fingerprint density at radius 2 is 2.24 bits per heavy atom. The maximum atomic E-state index is 6.16. The Balaban J connectivity index is 1.45. The Bertz CT molecular complexity index is 480. The normalized spacial score (nSPS) is 26.2. The van der Waals surface area contributed by atoms with E-state index in [0.29, 0.717) is 0 Å². The number of hydrogen-bond donors (Lipinski definition) is 1. The van der Waals surface area contributed by atoms with Crippen LogP contribution in [0.15, 0.2) is 16.9 Å². The highest BCUT2D eigenvalue weighted by Crippen LogP contribution is 2.21. The van der Waals surface area contributed by atoms with Gasteiger partial charge in [0.05, 0.1) is 19.0 Å². The largest absolute Gasteiger partial charge is 0.358 e. The molecule has 0 aromatic rings. The molecule has 0 spiro atoms. The second-order valence-electron chi connectivity index (χ2n) is 6.92. The number of fused-ring (bicyclic) bond motifs is 1. The van der Waals surface area contributed by atoms with Gasteiger partial charge in [0.15, 0.2) is 17.8 Å². The molecular weight excluding hydrogens is 340 g/mol. The topological polar surface area (TPSA) is 49.3 Å². The lowest BCUT2D eigenvalue weighted by Gasteiger charge is -2.36. The van der Waals surface area contributed by atoms with E-state index in [-0.39, 0.29) is 11.9 Å². The molecule has 3 rings (SSSR count). The molecule has 0 amide bonds. The molecule has 0 bridgehead atoms. The Labute approximate surface area is 156 Å². The van der Waals surface area contributed by atoms with Crippen molar-refractivity contribution >= 4 is 17.4 Å². The van der Waals surface area contributed by atoms with E-state index < -0.39 is 0 Å². The first kappa shape index (κ1) is 18.8. The molecule has 2 atom stereocenters. The van der Waals surface area contributed by atoms with Crippen LogP contribution in [0.4, 0.5) is 0 Å². The fourth-order valence-corrected chi connectivity index (χ4v) is 3.66. The highest BCUT2D eigenvalue weighted by atomic mass is 35.5. The summed E-state index contributed by atoms with van der Waals surface area (Å²) in [7, 11) is 0. The van der Waals surface area contributed by atoms with Crippen LogP contribution < -0.4 is 5.32 Å². The smallest absolute Gasteiger partial charge is 0.197 e. The third-order valence-corrected chi connectivity index (χ3v) is 4.98. The first-order chi connectivity index (χ1) is 12.3. The van der Waals surface area contributed by atoms with Crippen molar-refractivity contribution in [2.45, 2.75) is 63.8 Å². The van der Waals surface area contributed by atoms with Gasteiger partial charge in [-0.1, -0.05) is 31.4 Å². The van der Waals surface area contributed by atoms with Crippen LogP contribution in [0.2, 0.25) is 0 Å². The summed E-state index contributed by atoms with van der Waals surface area (Å²) in [6.07, 6.45) is 10.2. The van der Waals surface area contributed by atoms with Gasteiger partial charge in [0.2, 0.25) is 0 Å². The second-order valence-corrected chi connectivity index (χ2v) is 7.33. The molecule has 6 nitrogen and oxygen atoms in total. The van der Waals surface area contributed by atoms with Crippen molar-refractivity contribution in [1.82, 2.24) is 15.1 Å². The molecule has 3 aliphatic heterocycles. The summed E-state index contributed by atoms with van der Waals surface area (Å²) in [4.78, 5) is 9.19. The van der Waals surface area contributed by atoms with E-state index in [4.69, 9.17) is 21.1 Å². The third kappa shape index (κ3) is 5.50. The minimum atomic E-state index is -0.346. The van der Waals surface area contributed by atoms with Gasteiger partial charge in [-0.3, -0.25) is 0 Å². The highest BCUT2D eigenvalue weighted by molar-refractivity contribution is 6.22. The number of alkyl halides is 1. The number of hydrogen-bond acceptors (Lipinski definition) is 6. The van der Waals surface area contributed by atoms with E-state index in [9.17, 15) is 0 Å². The van der Waals surface area contributed by atoms with Crippen LogP contribution in [-0.2, 0) is 9.47 Å². The van der Waals surface area contributed by atoms with E-state index in [1.807, 2.05) is 0 Å². The molecule has 0 aliphatic carbocycles. The van der Waals surface area contributed by atoms with Crippen LogP contribution in [0, 0.1) is 0 Å². The van der Waals surface area contributed by atoms with Gasteiger partial charge in [-0.25, -0.2) is 4.99 Å². The van der Waals surface area contributed by atoms with Crippen molar-refractivity contribution in [2.75, 3.05) is 33.0 Å². The fraction of sp³-hybridized carbons (Fsp3) is 0.833. The van der Waals surface area contributed by atoms with Gasteiger partial charge in [0.1, 0.15) is 0 Å². The maximum Gasteiger partial charge on any atom is 0.197 e. The van der Waals surface area contributed by atoms with Crippen molar-refractivity contribution in [3.05, 3.63) is 11.9 Å². The van der Waals surface area contributed by atoms with E-state index in [1.54, 1.807) is 0 Å². The second kappa shape index (κ2) is 9.64. The van der Waals surface area contributed by atoms with Crippen LogP contribution in [0.1, 0.15) is 51.9 Å². The quantitative estimate of drug-likeness (QED) is 0.384. The fourth-order valence-electron chi connectivity index (χ4n) is 3.45. The van der Waals surface area contributed by atoms with Crippen LogP contribution in [0.5, 0.6) is 0 Å². The van der Waals surface area contributed by atoms with Crippen molar-refractivity contribution < 1.29 is 9.47 Å². The molecule has 0 saturated carbocycles. The molecule has 7 heteroatoms. The van der Waals surface area contributed by atoms with Crippen LogP contribution in [-0.4, -0.2) is 60.5 Å². The lowest BCUT2D eigenvalue weighted by Crippen LogP contribution is -2.46. The number of aliphatic imine (C=N–C) groups is 1. The molecule has 2 unspecified atom stereocenters. The van der Waals surface area contributed by atoms with Crippen molar-refractivity contribution in [3.63, 3.8) is 0 Å². The minimum Gasteiger partial charge on any atom is -0.358 e. The predicted octanol–water partition coefficient (Wildman–Crippen LogP) is 3.05. The number of unbranched alkanes of at least 4 members (excludes halogenated alkanes) is 2. The average Bonchev–Trinajstić information content (AvgIpc) is 3.00. The van der Waals surface area contributed by atoms with E-state index in [2.05, 4.69) is 33.2 Å². The van der Waals surface area contributed by atoms with Crippen LogP contribution in [0.25, 0.3) is 0 Å². The molecule has 142 valence electrons. The van der Waals surface area contributed by atoms with Crippen molar-refractivity contribution in [2.24, 2.45) is 4.99 Å². The monoisotopic (exact) mass is 370 g/mol. The molecule has 25 heavy (non-hydrogen) atoms. The number of amidine groups is 1. The zero-order valence-electron chi connectivity index (χ0n) is 15.3. The summed E-state index contributed by atoms with van der Waals surface area (Å²) < 4.78 is 11.5. The molecule has 0 aromatic carbocycles.